The molecule has 9 heteroatoms. The third-order valence-electron chi connectivity index (χ3n) is 4.44. The van der Waals surface area contributed by atoms with E-state index < -0.39 is 11.9 Å². The normalized spacial score (nSPS) is 21.0. The van der Waals surface area contributed by atoms with Crippen molar-refractivity contribution in [2.45, 2.75) is 18.6 Å². The average Bonchev–Trinajstić information content (AvgIpc) is 3.08. The lowest BCUT2D eigenvalue weighted by Gasteiger charge is -2.25. The number of carbonyl (C=O) groups is 1. The molecule has 3 heterocycles. The van der Waals surface area contributed by atoms with Gasteiger partial charge >= 0.3 is 6.18 Å². The minimum absolute atomic E-state index is 0.00879. The standard InChI is InChI=1S/C16H18F3N5O/c1-23-6-5-21-15(23)14-10(7-13(25)24(14)2)9-22-11-3-4-20-12(8-11)16(17,18)19/h3-6,8,10,14H,7,9H2,1-2H3,(H,20,22)/t10-,14+/m0/s1. The molecule has 1 amide bonds. The van der Waals surface area contributed by atoms with Gasteiger partial charge in [0.15, 0.2) is 0 Å². The van der Waals surface area contributed by atoms with Crippen LogP contribution in [0.15, 0.2) is 30.7 Å². The fraction of sp³-hybridized carbons (Fsp3) is 0.438. The first-order valence-electron chi connectivity index (χ1n) is 7.77. The van der Waals surface area contributed by atoms with Crippen LogP contribution in [0.5, 0.6) is 0 Å². The number of aryl methyl sites for hydroxylation is 1. The maximum atomic E-state index is 12.8. The van der Waals surface area contributed by atoms with Crippen LogP contribution >= 0.6 is 0 Å². The lowest BCUT2D eigenvalue weighted by Crippen LogP contribution is -2.28. The zero-order chi connectivity index (χ0) is 18.2. The Bertz CT molecular complexity index is 773. The van der Waals surface area contributed by atoms with Crippen molar-refractivity contribution < 1.29 is 18.0 Å². The molecule has 1 saturated heterocycles. The minimum atomic E-state index is -4.49. The molecule has 0 saturated carbocycles. The van der Waals surface area contributed by atoms with Crippen molar-refractivity contribution in [1.82, 2.24) is 19.4 Å². The Hall–Kier alpha value is -2.58. The third-order valence-corrected chi connectivity index (χ3v) is 4.44. The van der Waals surface area contributed by atoms with Crippen LogP contribution in [0.4, 0.5) is 18.9 Å². The van der Waals surface area contributed by atoms with Crippen molar-refractivity contribution in [3.05, 3.63) is 42.2 Å². The van der Waals surface area contributed by atoms with Gasteiger partial charge in [-0.1, -0.05) is 0 Å². The average molecular weight is 353 g/mol. The largest absolute Gasteiger partial charge is 0.433 e. The van der Waals surface area contributed by atoms with Gasteiger partial charge in [0.1, 0.15) is 11.5 Å². The van der Waals surface area contributed by atoms with Crippen LogP contribution in [0.1, 0.15) is 24.0 Å². The molecular formula is C16H18F3N5O. The van der Waals surface area contributed by atoms with E-state index in [0.29, 0.717) is 18.7 Å². The number of rotatable bonds is 4. The van der Waals surface area contributed by atoms with Crippen LogP contribution in [-0.4, -0.2) is 38.9 Å². The van der Waals surface area contributed by atoms with E-state index in [0.717, 1.165) is 18.1 Å². The number of imidazole rings is 1. The molecule has 0 radical (unpaired) electrons. The molecule has 0 spiro atoms. The number of amides is 1. The van der Waals surface area contributed by atoms with Crippen molar-refractivity contribution >= 4 is 11.6 Å². The van der Waals surface area contributed by atoms with Crippen molar-refractivity contribution in [3.8, 4) is 0 Å². The molecule has 0 unspecified atom stereocenters. The summed E-state index contributed by atoms with van der Waals surface area (Å²) in [5, 5.41) is 3.00. The van der Waals surface area contributed by atoms with Gasteiger partial charge < -0.3 is 14.8 Å². The van der Waals surface area contributed by atoms with Gasteiger partial charge in [-0.15, -0.1) is 0 Å². The summed E-state index contributed by atoms with van der Waals surface area (Å²) in [7, 11) is 3.57. The van der Waals surface area contributed by atoms with Gasteiger partial charge in [0, 0.05) is 57.3 Å². The first-order chi connectivity index (χ1) is 11.8. The van der Waals surface area contributed by atoms with Crippen LogP contribution < -0.4 is 5.32 Å². The predicted octanol–water partition coefficient (Wildman–Crippen LogP) is 2.47. The van der Waals surface area contributed by atoms with E-state index in [9.17, 15) is 18.0 Å². The summed E-state index contributed by atoms with van der Waals surface area (Å²) in [6, 6.07) is 2.23. The Labute approximate surface area is 142 Å². The number of hydrogen-bond acceptors (Lipinski definition) is 4. The second-order valence-corrected chi connectivity index (χ2v) is 6.12. The zero-order valence-corrected chi connectivity index (χ0v) is 13.8. The Balaban J connectivity index is 1.76. The Kier molecular flexibility index (Phi) is 4.40. The highest BCUT2D eigenvalue weighted by atomic mass is 19.4. The number of alkyl halides is 3. The molecular weight excluding hydrogens is 335 g/mol. The molecule has 6 nitrogen and oxygen atoms in total. The van der Waals surface area contributed by atoms with Gasteiger partial charge in [-0.3, -0.25) is 9.78 Å². The van der Waals surface area contributed by atoms with Crippen molar-refractivity contribution in [2.24, 2.45) is 13.0 Å². The summed E-state index contributed by atoms with van der Waals surface area (Å²) in [5.74, 6) is 0.650. The number of halogens is 3. The summed E-state index contributed by atoms with van der Waals surface area (Å²) in [6.07, 6.45) is 0.409. The molecule has 2 aromatic heterocycles. The smallest absolute Gasteiger partial charge is 0.385 e. The summed E-state index contributed by atoms with van der Waals surface area (Å²) in [4.78, 5) is 21.4. The lowest BCUT2D eigenvalue weighted by atomic mass is 9.99. The molecule has 1 N–H and O–H groups in total. The fourth-order valence-corrected chi connectivity index (χ4v) is 3.13. The molecule has 25 heavy (non-hydrogen) atoms. The van der Waals surface area contributed by atoms with Crippen LogP contribution in [0.3, 0.4) is 0 Å². The molecule has 0 bridgehead atoms. The highest BCUT2D eigenvalue weighted by Gasteiger charge is 2.40. The Morgan fingerprint density at radius 1 is 1.28 bits per heavy atom. The fourth-order valence-electron chi connectivity index (χ4n) is 3.13. The Morgan fingerprint density at radius 3 is 2.68 bits per heavy atom. The topological polar surface area (TPSA) is 63.1 Å². The van der Waals surface area contributed by atoms with Crippen molar-refractivity contribution in [2.75, 3.05) is 18.9 Å². The van der Waals surface area contributed by atoms with E-state index in [1.807, 2.05) is 11.6 Å². The minimum Gasteiger partial charge on any atom is -0.385 e. The molecule has 1 aliphatic heterocycles. The molecule has 1 aliphatic rings. The van der Waals surface area contributed by atoms with Crippen molar-refractivity contribution in [3.63, 3.8) is 0 Å². The second kappa shape index (κ2) is 6.38. The van der Waals surface area contributed by atoms with Gasteiger partial charge in [0.2, 0.25) is 5.91 Å². The first kappa shape index (κ1) is 17.2. The van der Waals surface area contributed by atoms with Crippen molar-refractivity contribution in [1.29, 1.82) is 0 Å². The van der Waals surface area contributed by atoms with Gasteiger partial charge in [-0.25, -0.2) is 4.98 Å². The molecule has 0 aliphatic carbocycles. The number of pyridine rings is 1. The zero-order valence-electron chi connectivity index (χ0n) is 13.8. The van der Waals surface area contributed by atoms with Crippen LogP contribution in [0.25, 0.3) is 0 Å². The highest BCUT2D eigenvalue weighted by molar-refractivity contribution is 5.79. The van der Waals surface area contributed by atoms with E-state index in [4.69, 9.17) is 0 Å². The maximum absolute atomic E-state index is 12.8. The van der Waals surface area contributed by atoms with E-state index >= 15 is 0 Å². The number of likely N-dealkylation sites (tertiary alicyclic amines) is 1. The van der Waals surface area contributed by atoms with Crippen LogP contribution in [-0.2, 0) is 18.0 Å². The van der Waals surface area contributed by atoms with Gasteiger partial charge in [-0.2, -0.15) is 13.2 Å². The Morgan fingerprint density at radius 2 is 2.04 bits per heavy atom. The number of anilines is 1. The molecule has 3 rings (SSSR count). The van der Waals surface area contributed by atoms with Crippen LogP contribution in [0.2, 0.25) is 0 Å². The van der Waals surface area contributed by atoms with Gasteiger partial charge in [0.25, 0.3) is 0 Å². The van der Waals surface area contributed by atoms with Crippen LogP contribution in [0, 0.1) is 5.92 Å². The second-order valence-electron chi connectivity index (χ2n) is 6.12. The molecule has 2 aromatic rings. The lowest BCUT2D eigenvalue weighted by molar-refractivity contribution is -0.141. The van der Waals surface area contributed by atoms with Gasteiger partial charge in [0.05, 0.1) is 6.04 Å². The quantitative estimate of drug-likeness (QED) is 0.917. The predicted molar refractivity (Wildman–Crippen MR) is 84.6 cm³/mol. The van der Waals surface area contributed by atoms with E-state index in [2.05, 4.69) is 15.3 Å². The monoisotopic (exact) mass is 353 g/mol. The number of nitrogens with one attached hydrogen (secondary N) is 1. The summed E-state index contributed by atoms with van der Waals surface area (Å²) >= 11 is 0. The molecule has 134 valence electrons. The first-order valence-corrected chi connectivity index (χ1v) is 7.77. The summed E-state index contributed by atoms with van der Waals surface area (Å²) in [5.41, 5.74) is -0.624. The van der Waals surface area contributed by atoms with E-state index in [-0.39, 0.29) is 17.9 Å². The number of hydrogen-bond donors (Lipinski definition) is 1. The van der Waals surface area contributed by atoms with E-state index in [1.165, 1.54) is 6.07 Å². The van der Waals surface area contributed by atoms with Gasteiger partial charge in [-0.05, 0) is 12.1 Å². The summed E-state index contributed by atoms with van der Waals surface area (Å²) < 4.78 is 40.1. The number of aromatic nitrogens is 3. The molecule has 0 aromatic carbocycles. The van der Waals surface area contributed by atoms with E-state index in [1.54, 1.807) is 24.3 Å². The molecule has 1 fully saturated rings. The number of nitrogens with zero attached hydrogens (tertiary/aromatic N) is 4. The maximum Gasteiger partial charge on any atom is 0.433 e. The SMILES string of the molecule is CN1C(=O)C[C@@H](CNc2ccnc(C(F)(F)F)c2)[C@@H]1c1nccn1C. The highest BCUT2D eigenvalue weighted by Crippen LogP contribution is 2.36. The number of carbonyl (C=O) groups excluding carboxylic acids is 1. The molecule has 2 atom stereocenters. The third kappa shape index (κ3) is 3.45. The summed E-state index contributed by atoms with van der Waals surface area (Å²) in [6.45, 7) is 0.356.